The molecule has 0 atom stereocenters. The topological polar surface area (TPSA) is 57.5 Å². The molecule has 0 bridgehead atoms. The van der Waals surface area contributed by atoms with E-state index in [1.54, 1.807) is 0 Å². The molecule has 0 rings (SSSR count). The Labute approximate surface area is 53.7 Å². The van der Waals surface area contributed by atoms with Crippen molar-refractivity contribution in [2.45, 2.75) is 26.7 Å². The second-order valence-corrected chi connectivity index (χ2v) is 1.28. The van der Waals surface area contributed by atoms with Gasteiger partial charge in [0, 0.05) is 0 Å². The maximum Gasteiger partial charge on any atom is 0.503 e. The van der Waals surface area contributed by atoms with Crippen molar-refractivity contribution >= 4 is 6.16 Å². The number of unbranched alkanes of at least 4 members (excludes halogenated alkanes) is 1. The van der Waals surface area contributed by atoms with E-state index in [4.69, 9.17) is 15.0 Å². The van der Waals surface area contributed by atoms with E-state index in [1.807, 2.05) is 0 Å². The van der Waals surface area contributed by atoms with Gasteiger partial charge >= 0.3 is 6.16 Å². The molecule has 0 heterocycles. The zero-order valence-corrected chi connectivity index (χ0v) is 5.63. The van der Waals surface area contributed by atoms with Crippen molar-refractivity contribution in [3.63, 3.8) is 0 Å². The third kappa shape index (κ3) is 4870. The third-order valence-electron chi connectivity index (χ3n) is 0.500. The van der Waals surface area contributed by atoms with Gasteiger partial charge in [-0.25, -0.2) is 4.79 Å². The van der Waals surface area contributed by atoms with Crippen molar-refractivity contribution in [3.8, 4) is 0 Å². The van der Waals surface area contributed by atoms with Crippen LogP contribution < -0.4 is 0 Å². The predicted octanol–water partition coefficient (Wildman–Crippen LogP) is 2.18. The fraction of sp³-hybridized carbons (Fsp3) is 0.800. The quantitative estimate of drug-likeness (QED) is 0.586. The van der Waals surface area contributed by atoms with Crippen LogP contribution in [0.1, 0.15) is 26.7 Å². The number of halogens is 1. The summed E-state index contributed by atoms with van der Waals surface area (Å²) in [5.41, 5.74) is 0. The largest absolute Gasteiger partial charge is 0.503 e. The van der Waals surface area contributed by atoms with Crippen LogP contribution in [0, 0.1) is 0 Å². The molecule has 58 valence electrons. The maximum absolute atomic E-state index is 8.56. The molecule has 0 aromatic carbocycles. The van der Waals surface area contributed by atoms with Gasteiger partial charge in [0.1, 0.15) is 0 Å². The zero-order chi connectivity index (χ0) is 6.99. The van der Waals surface area contributed by atoms with Crippen LogP contribution in [0.15, 0.2) is 0 Å². The molecule has 0 radical (unpaired) electrons. The number of rotatable bonds is 1. The van der Waals surface area contributed by atoms with E-state index in [2.05, 4.69) is 13.8 Å². The average molecular weight is 140 g/mol. The van der Waals surface area contributed by atoms with Crippen LogP contribution in [-0.4, -0.2) is 16.4 Å². The van der Waals surface area contributed by atoms with Gasteiger partial charge in [-0.3, -0.25) is 4.70 Å². The summed E-state index contributed by atoms with van der Waals surface area (Å²) in [7, 11) is 0. The molecule has 0 aliphatic rings. The lowest BCUT2D eigenvalue weighted by molar-refractivity contribution is 0.137. The van der Waals surface area contributed by atoms with Crippen LogP contribution in [0.5, 0.6) is 0 Å². The van der Waals surface area contributed by atoms with Gasteiger partial charge in [-0.2, -0.15) is 0 Å². The first-order valence-corrected chi connectivity index (χ1v) is 2.57. The first kappa shape index (κ1) is 15.7. The molecule has 0 aliphatic carbocycles. The van der Waals surface area contributed by atoms with Crippen molar-refractivity contribution in [2.24, 2.45) is 0 Å². The number of carboxylic acid groups (broad SMARTS) is 2. The minimum Gasteiger partial charge on any atom is -0.450 e. The highest BCUT2D eigenvalue weighted by Gasteiger charge is 1.70. The van der Waals surface area contributed by atoms with Gasteiger partial charge in [0.25, 0.3) is 0 Å². The summed E-state index contributed by atoms with van der Waals surface area (Å²) in [6.45, 7) is 4.36. The molecule has 0 aromatic heterocycles. The second kappa shape index (κ2) is 15.7. The first-order valence-electron chi connectivity index (χ1n) is 2.57. The fourth-order valence-electron chi connectivity index (χ4n) is 0. The zero-order valence-electron chi connectivity index (χ0n) is 5.63. The van der Waals surface area contributed by atoms with Gasteiger partial charge in [-0.05, 0) is 0 Å². The molecule has 0 saturated carbocycles. The summed E-state index contributed by atoms with van der Waals surface area (Å²) < 4.78 is 0. The van der Waals surface area contributed by atoms with Gasteiger partial charge in [-0.1, -0.05) is 26.7 Å². The van der Waals surface area contributed by atoms with Gasteiger partial charge in [0.2, 0.25) is 0 Å². The molecular formula is C5H13FO3. The maximum atomic E-state index is 8.56. The summed E-state index contributed by atoms with van der Waals surface area (Å²) >= 11 is 0. The predicted molar refractivity (Wildman–Crippen MR) is 33.7 cm³/mol. The molecule has 2 N–H and O–H groups in total. The highest BCUT2D eigenvalue weighted by molar-refractivity contribution is 5.53. The van der Waals surface area contributed by atoms with E-state index in [0.29, 0.717) is 0 Å². The Morgan fingerprint density at radius 3 is 1.33 bits per heavy atom. The van der Waals surface area contributed by atoms with Crippen LogP contribution >= 0.6 is 0 Å². The lowest BCUT2D eigenvalue weighted by Gasteiger charge is -1.68. The van der Waals surface area contributed by atoms with E-state index in [-0.39, 0.29) is 4.70 Å². The fourth-order valence-corrected chi connectivity index (χ4v) is 0. The minimum atomic E-state index is -1.83. The molecule has 0 spiro atoms. The first-order chi connectivity index (χ1) is 3.65. The molecule has 3 nitrogen and oxygen atoms in total. The van der Waals surface area contributed by atoms with Crippen LogP contribution in [0.3, 0.4) is 0 Å². The Bertz CT molecular complexity index is 50.2. The molecule has 0 amide bonds. The van der Waals surface area contributed by atoms with Gasteiger partial charge < -0.3 is 10.2 Å². The molecule has 9 heavy (non-hydrogen) atoms. The third-order valence-corrected chi connectivity index (χ3v) is 0.500. The summed E-state index contributed by atoms with van der Waals surface area (Å²) in [5.74, 6) is 0. The second-order valence-electron chi connectivity index (χ2n) is 1.28. The lowest BCUT2D eigenvalue weighted by atomic mass is 10.4. The van der Waals surface area contributed by atoms with Crippen molar-refractivity contribution in [3.05, 3.63) is 0 Å². The highest BCUT2D eigenvalue weighted by Crippen LogP contribution is 1.76. The van der Waals surface area contributed by atoms with Gasteiger partial charge in [0.15, 0.2) is 0 Å². The molecule has 0 aromatic rings. The standard InChI is InChI=1S/C4H10.CH2O3.FH/c1-3-4-2;2-1(3)4;/h3-4H2,1-2H3;(H2,2,3,4);1H. The Hall–Kier alpha value is -0.800. The molecule has 0 unspecified atom stereocenters. The monoisotopic (exact) mass is 140 g/mol. The van der Waals surface area contributed by atoms with Crippen LogP contribution in [-0.2, 0) is 0 Å². The molecule has 0 saturated heterocycles. The van der Waals surface area contributed by atoms with Crippen molar-refractivity contribution in [1.29, 1.82) is 0 Å². The van der Waals surface area contributed by atoms with E-state index >= 15 is 0 Å². The minimum absolute atomic E-state index is 0. The van der Waals surface area contributed by atoms with E-state index in [9.17, 15) is 0 Å². The molecule has 4 heteroatoms. The molecule has 0 fully saturated rings. The van der Waals surface area contributed by atoms with E-state index < -0.39 is 6.16 Å². The van der Waals surface area contributed by atoms with Crippen LogP contribution in [0.25, 0.3) is 0 Å². The summed E-state index contributed by atoms with van der Waals surface area (Å²) in [6, 6.07) is 0. The van der Waals surface area contributed by atoms with Crippen molar-refractivity contribution < 1.29 is 19.7 Å². The van der Waals surface area contributed by atoms with Crippen LogP contribution in [0.4, 0.5) is 9.50 Å². The molecule has 0 aliphatic heterocycles. The van der Waals surface area contributed by atoms with Crippen molar-refractivity contribution in [1.82, 2.24) is 0 Å². The average Bonchev–Trinajstić information content (AvgIpc) is 1.65. The number of hydrogen-bond donors (Lipinski definition) is 2. The van der Waals surface area contributed by atoms with E-state index in [0.717, 1.165) is 0 Å². The van der Waals surface area contributed by atoms with E-state index in [1.165, 1.54) is 12.8 Å². The van der Waals surface area contributed by atoms with Crippen LogP contribution in [0.2, 0.25) is 0 Å². The van der Waals surface area contributed by atoms with Gasteiger partial charge in [0.05, 0.1) is 0 Å². The smallest absolute Gasteiger partial charge is 0.450 e. The number of carbonyl (C=O) groups is 1. The Balaban J connectivity index is -0.0000000720. The summed E-state index contributed by atoms with van der Waals surface area (Å²) in [4.78, 5) is 8.56. The Morgan fingerprint density at radius 2 is 1.33 bits per heavy atom. The van der Waals surface area contributed by atoms with Gasteiger partial charge in [-0.15, -0.1) is 0 Å². The highest BCUT2D eigenvalue weighted by atomic mass is 19.0. The Morgan fingerprint density at radius 1 is 1.22 bits per heavy atom. The summed E-state index contributed by atoms with van der Waals surface area (Å²) in [6.07, 6.45) is 0.806. The summed E-state index contributed by atoms with van der Waals surface area (Å²) in [5, 5.41) is 13.9. The Kier molecular flexibility index (Phi) is 27.4. The normalized spacial score (nSPS) is 6.00. The van der Waals surface area contributed by atoms with Crippen molar-refractivity contribution in [2.75, 3.05) is 0 Å². The number of hydrogen-bond acceptors (Lipinski definition) is 1. The molecular weight excluding hydrogens is 127 g/mol. The SMILES string of the molecule is CCCC.F.O=C(O)O. The lowest BCUT2D eigenvalue weighted by Crippen LogP contribution is -1.81.